The van der Waals surface area contributed by atoms with Crippen molar-refractivity contribution in [3.8, 4) is 0 Å². The number of amides is 1. The van der Waals surface area contributed by atoms with E-state index in [0.29, 0.717) is 11.6 Å². The van der Waals surface area contributed by atoms with Crippen molar-refractivity contribution in [2.24, 2.45) is 7.05 Å². The van der Waals surface area contributed by atoms with Gasteiger partial charge in [0.1, 0.15) is 5.15 Å². The average Bonchev–Trinajstić information content (AvgIpc) is 2.89. The van der Waals surface area contributed by atoms with Crippen molar-refractivity contribution in [1.29, 1.82) is 0 Å². The first-order chi connectivity index (χ1) is 14.0. The predicted molar refractivity (Wildman–Crippen MR) is 122 cm³/mol. The molecule has 29 heavy (non-hydrogen) atoms. The van der Waals surface area contributed by atoms with Gasteiger partial charge >= 0.3 is 0 Å². The Morgan fingerprint density at radius 2 is 2.00 bits per heavy atom. The highest BCUT2D eigenvalue weighted by Crippen LogP contribution is 2.21. The van der Waals surface area contributed by atoms with E-state index in [1.165, 1.54) is 5.56 Å². The molecular weight excluding hydrogens is 404 g/mol. The SMILES string of the molecule is Cc1nn(C)c(Cl)c1CN1CCCN(C(=O)CCS/C=C\c2ccccc2)CC1. The van der Waals surface area contributed by atoms with Crippen molar-refractivity contribution >= 4 is 35.3 Å². The van der Waals surface area contributed by atoms with E-state index in [4.69, 9.17) is 11.6 Å². The molecule has 2 aromatic rings. The Morgan fingerprint density at radius 3 is 2.72 bits per heavy atom. The highest BCUT2D eigenvalue weighted by molar-refractivity contribution is 8.02. The first kappa shape index (κ1) is 21.9. The molecule has 156 valence electrons. The minimum absolute atomic E-state index is 0.253. The lowest BCUT2D eigenvalue weighted by Gasteiger charge is -2.22. The molecule has 0 spiro atoms. The van der Waals surface area contributed by atoms with Crippen LogP contribution in [0.3, 0.4) is 0 Å². The van der Waals surface area contributed by atoms with Gasteiger partial charge in [0.25, 0.3) is 0 Å². The molecular formula is C22H29ClN4OS. The summed E-state index contributed by atoms with van der Waals surface area (Å²) >= 11 is 8.07. The summed E-state index contributed by atoms with van der Waals surface area (Å²) in [6, 6.07) is 10.2. The number of nitrogens with zero attached hydrogens (tertiary/aromatic N) is 4. The standard InChI is InChI=1S/C22H29ClN4OS/c1-18-20(22(23)25(2)24-18)17-26-11-6-12-27(14-13-26)21(28)10-16-29-15-9-19-7-4-3-5-8-19/h3-5,7-9,15H,6,10-14,16-17H2,1-2H3/b15-9-. The van der Waals surface area contributed by atoms with Gasteiger partial charge in [0.2, 0.25) is 5.91 Å². The molecule has 0 bridgehead atoms. The zero-order chi connectivity index (χ0) is 20.6. The maximum absolute atomic E-state index is 12.6. The molecule has 1 aliphatic rings. The van der Waals surface area contributed by atoms with E-state index in [-0.39, 0.29) is 5.91 Å². The number of carbonyl (C=O) groups is 1. The van der Waals surface area contributed by atoms with Gasteiger partial charge in [-0.15, -0.1) is 11.8 Å². The second-order valence-corrected chi connectivity index (χ2v) is 8.69. The van der Waals surface area contributed by atoms with Crippen LogP contribution in [-0.4, -0.2) is 57.4 Å². The van der Waals surface area contributed by atoms with Crippen LogP contribution in [0.5, 0.6) is 0 Å². The van der Waals surface area contributed by atoms with Gasteiger partial charge in [0, 0.05) is 57.5 Å². The summed E-state index contributed by atoms with van der Waals surface area (Å²) in [5.74, 6) is 1.07. The van der Waals surface area contributed by atoms with Crippen molar-refractivity contribution in [2.75, 3.05) is 31.9 Å². The van der Waals surface area contributed by atoms with E-state index in [1.54, 1.807) is 16.4 Å². The molecule has 2 heterocycles. The molecule has 1 saturated heterocycles. The summed E-state index contributed by atoms with van der Waals surface area (Å²) in [5, 5.41) is 7.18. The molecule has 7 heteroatoms. The summed E-state index contributed by atoms with van der Waals surface area (Å²) in [6.45, 7) is 6.25. The number of aromatic nitrogens is 2. The zero-order valence-corrected chi connectivity index (χ0v) is 18.8. The summed E-state index contributed by atoms with van der Waals surface area (Å²) in [6.07, 6.45) is 3.66. The molecule has 0 saturated carbocycles. The largest absolute Gasteiger partial charge is 0.341 e. The lowest BCUT2D eigenvalue weighted by atomic mass is 10.2. The molecule has 0 unspecified atom stereocenters. The first-order valence-electron chi connectivity index (χ1n) is 10.1. The fourth-order valence-corrected chi connectivity index (χ4v) is 4.43. The third-order valence-corrected chi connectivity index (χ3v) is 6.42. The van der Waals surface area contributed by atoms with Gasteiger partial charge < -0.3 is 4.90 Å². The number of thioether (sulfide) groups is 1. The van der Waals surface area contributed by atoms with Gasteiger partial charge in [-0.25, -0.2) is 0 Å². The molecule has 5 nitrogen and oxygen atoms in total. The van der Waals surface area contributed by atoms with Crippen molar-refractivity contribution in [2.45, 2.75) is 26.3 Å². The molecule has 0 atom stereocenters. The van der Waals surface area contributed by atoms with E-state index in [0.717, 1.165) is 56.2 Å². The van der Waals surface area contributed by atoms with Gasteiger partial charge in [-0.1, -0.05) is 41.9 Å². The average molecular weight is 433 g/mol. The van der Waals surface area contributed by atoms with Crippen LogP contribution >= 0.6 is 23.4 Å². The second-order valence-electron chi connectivity index (χ2n) is 7.32. The Labute approximate surface area is 182 Å². The lowest BCUT2D eigenvalue weighted by molar-refractivity contribution is -0.130. The van der Waals surface area contributed by atoms with Gasteiger partial charge in [-0.2, -0.15) is 5.10 Å². The normalized spacial score (nSPS) is 15.8. The first-order valence-corrected chi connectivity index (χ1v) is 11.5. The summed E-state index contributed by atoms with van der Waals surface area (Å²) in [7, 11) is 1.87. The van der Waals surface area contributed by atoms with E-state index < -0.39 is 0 Å². The summed E-state index contributed by atoms with van der Waals surface area (Å²) in [5.41, 5.74) is 3.26. The van der Waals surface area contributed by atoms with E-state index >= 15 is 0 Å². The minimum atomic E-state index is 0.253. The quantitative estimate of drug-likeness (QED) is 0.614. The molecule has 0 N–H and O–H groups in total. The molecule has 0 aliphatic carbocycles. The summed E-state index contributed by atoms with van der Waals surface area (Å²) in [4.78, 5) is 17.0. The summed E-state index contributed by atoms with van der Waals surface area (Å²) < 4.78 is 1.73. The van der Waals surface area contributed by atoms with E-state index in [2.05, 4.69) is 33.6 Å². The molecule has 1 fully saturated rings. The topological polar surface area (TPSA) is 41.4 Å². The number of benzene rings is 1. The van der Waals surface area contributed by atoms with Crippen LogP contribution in [0.15, 0.2) is 35.7 Å². The predicted octanol–water partition coefficient (Wildman–Crippen LogP) is 4.21. The van der Waals surface area contributed by atoms with Crippen molar-refractivity contribution in [1.82, 2.24) is 19.6 Å². The van der Waals surface area contributed by atoms with Gasteiger partial charge in [0.05, 0.1) is 5.69 Å². The number of rotatable bonds is 7. The Balaban J connectivity index is 1.41. The Morgan fingerprint density at radius 1 is 1.21 bits per heavy atom. The third-order valence-electron chi connectivity index (χ3n) is 5.18. The van der Waals surface area contributed by atoms with Crippen molar-refractivity contribution < 1.29 is 4.79 Å². The van der Waals surface area contributed by atoms with Crippen molar-refractivity contribution in [3.63, 3.8) is 0 Å². The van der Waals surface area contributed by atoms with E-state index in [1.807, 2.05) is 37.1 Å². The number of halogens is 1. The van der Waals surface area contributed by atoms with E-state index in [9.17, 15) is 4.79 Å². The third kappa shape index (κ3) is 6.36. The Bertz CT molecular complexity index is 837. The van der Waals surface area contributed by atoms with Crippen molar-refractivity contribution in [3.05, 3.63) is 57.7 Å². The van der Waals surface area contributed by atoms with Crippen LogP contribution in [0.1, 0.15) is 29.7 Å². The van der Waals surface area contributed by atoms with Crippen LogP contribution < -0.4 is 0 Å². The highest BCUT2D eigenvalue weighted by atomic mass is 35.5. The zero-order valence-electron chi connectivity index (χ0n) is 17.2. The van der Waals surface area contributed by atoms with Crippen LogP contribution in [0.4, 0.5) is 0 Å². The Kier molecular flexibility index (Phi) is 8.21. The second kappa shape index (κ2) is 10.9. The van der Waals surface area contributed by atoms with Crippen LogP contribution in [0.25, 0.3) is 6.08 Å². The van der Waals surface area contributed by atoms with Gasteiger partial charge in [0.15, 0.2) is 0 Å². The van der Waals surface area contributed by atoms with Crippen LogP contribution in [0, 0.1) is 6.92 Å². The van der Waals surface area contributed by atoms with Crippen LogP contribution in [-0.2, 0) is 18.4 Å². The fourth-order valence-electron chi connectivity index (χ4n) is 3.52. The number of hydrogen-bond donors (Lipinski definition) is 0. The van der Waals surface area contributed by atoms with Gasteiger partial charge in [-0.3, -0.25) is 14.4 Å². The smallest absolute Gasteiger partial charge is 0.223 e. The molecule has 1 aromatic carbocycles. The molecule has 1 amide bonds. The fraction of sp³-hybridized carbons (Fsp3) is 0.455. The number of hydrogen-bond acceptors (Lipinski definition) is 4. The maximum Gasteiger partial charge on any atom is 0.223 e. The molecule has 3 rings (SSSR count). The van der Waals surface area contributed by atoms with Crippen LogP contribution in [0.2, 0.25) is 5.15 Å². The molecule has 1 aromatic heterocycles. The lowest BCUT2D eigenvalue weighted by Crippen LogP contribution is -2.35. The Hall–Kier alpha value is -1.76. The number of aryl methyl sites for hydroxylation is 2. The number of carbonyl (C=O) groups excluding carboxylic acids is 1. The monoisotopic (exact) mass is 432 g/mol. The highest BCUT2D eigenvalue weighted by Gasteiger charge is 2.21. The molecule has 0 radical (unpaired) electrons. The maximum atomic E-state index is 12.6. The van der Waals surface area contributed by atoms with Gasteiger partial charge in [-0.05, 0) is 30.4 Å². The minimum Gasteiger partial charge on any atom is -0.341 e. The molecule has 1 aliphatic heterocycles.